The van der Waals surface area contributed by atoms with Crippen molar-refractivity contribution in [2.45, 2.75) is 39.2 Å². The molecule has 1 aliphatic heterocycles. The monoisotopic (exact) mass is 437 g/mol. The van der Waals surface area contributed by atoms with Gasteiger partial charge in [-0.15, -0.1) is 35.3 Å². The van der Waals surface area contributed by atoms with Crippen molar-refractivity contribution in [3.05, 3.63) is 16.1 Å². The van der Waals surface area contributed by atoms with Crippen LogP contribution in [0.4, 0.5) is 0 Å². The van der Waals surface area contributed by atoms with Gasteiger partial charge in [-0.1, -0.05) is 6.92 Å². The number of hydrogen-bond acceptors (Lipinski definition) is 4. The fraction of sp³-hybridized carbons (Fsp3) is 0.733. The summed E-state index contributed by atoms with van der Waals surface area (Å²) in [4.78, 5) is 11.3. The van der Waals surface area contributed by atoms with Gasteiger partial charge in [0.05, 0.1) is 10.7 Å². The minimum atomic E-state index is 0. The molecule has 126 valence electrons. The van der Waals surface area contributed by atoms with E-state index in [4.69, 9.17) is 0 Å². The summed E-state index contributed by atoms with van der Waals surface area (Å²) in [7, 11) is 1.83. The van der Waals surface area contributed by atoms with E-state index in [2.05, 4.69) is 37.8 Å². The van der Waals surface area contributed by atoms with Gasteiger partial charge in [-0.2, -0.15) is 0 Å². The van der Waals surface area contributed by atoms with Crippen molar-refractivity contribution >= 4 is 41.3 Å². The molecule has 0 saturated carbocycles. The predicted molar refractivity (Wildman–Crippen MR) is 106 cm³/mol. The Labute approximate surface area is 155 Å². The lowest BCUT2D eigenvalue weighted by atomic mass is 10.2. The van der Waals surface area contributed by atoms with Crippen LogP contribution >= 0.6 is 35.3 Å². The summed E-state index contributed by atoms with van der Waals surface area (Å²) >= 11 is 1.71. The Bertz CT molecular complexity index is 463. The molecule has 7 heteroatoms. The summed E-state index contributed by atoms with van der Waals surface area (Å²) in [6, 6.07) is 0.648. The topological polar surface area (TPSA) is 52.5 Å². The van der Waals surface area contributed by atoms with Crippen molar-refractivity contribution < 1.29 is 0 Å². The number of aliphatic imine (C=N–C) groups is 1. The van der Waals surface area contributed by atoms with Crippen LogP contribution in [0, 0.1) is 6.92 Å². The number of aromatic nitrogens is 1. The summed E-state index contributed by atoms with van der Waals surface area (Å²) in [5.41, 5.74) is 1.16. The maximum Gasteiger partial charge on any atom is 0.191 e. The van der Waals surface area contributed by atoms with Crippen LogP contribution in [0.25, 0.3) is 0 Å². The first kappa shape index (κ1) is 19.6. The lowest BCUT2D eigenvalue weighted by Gasteiger charge is -2.23. The van der Waals surface area contributed by atoms with Crippen molar-refractivity contribution in [1.29, 1.82) is 0 Å². The maximum absolute atomic E-state index is 4.47. The molecule has 1 atom stereocenters. The number of rotatable bonds is 6. The first-order valence-corrected chi connectivity index (χ1v) is 8.70. The van der Waals surface area contributed by atoms with Gasteiger partial charge >= 0.3 is 0 Å². The molecule has 1 saturated heterocycles. The number of hydrogen-bond donors (Lipinski definition) is 2. The number of guanidine groups is 1. The van der Waals surface area contributed by atoms with Crippen LogP contribution in [0.2, 0.25) is 0 Å². The van der Waals surface area contributed by atoms with E-state index in [0.29, 0.717) is 6.04 Å². The summed E-state index contributed by atoms with van der Waals surface area (Å²) in [6.07, 6.45) is 3.54. The average Bonchev–Trinajstić information content (AvgIpc) is 3.11. The zero-order chi connectivity index (χ0) is 15.1. The van der Waals surface area contributed by atoms with Crippen LogP contribution in [0.5, 0.6) is 0 Å². The molecule has 1 aliphatic rings. The standard InChI is InChI=1S/C15H27N5S.HI/c1-4-20-9-5-6-14(20)10-18-15(16-3)17-8-7-13-11-21-12(2)19-13;/h11,14H,4-10H2,1-3H3,(H2,16,17,18);1H. The predicted octanol–water partition coefficient (Wildman–Crippen LogP) is 2.26. The third-order valence-electron chi connectivity index (χ3n) is 3.97. The largest absolute Gasteiger partial charge is 0.356 e. The Balaban J connectivity index is 0.00000242. The van der Waals surface area contributed by atoms with Gasteiger partial charge in [0, 0.05) is 38.0 Å². The first-order valence-electron chi connectivity index (χ1n) is 7.82. The van der Waals surface area contributed by atoms with Crippen molar-refractivity contribution in [3.63, 3.8) is 0 Å². The normalized spacial score (nSPS) is 19.0. The molecule has 1 aromatic rings. The van der Waals surface area contributed by atoms with E-state index in [0.717, 1.165) is 42.7 Å². The first-order chi connectivity index (χ1) is 10.2. The van der Waals surface area contributed by atoms with E-state index >= 15 is 0 Å². The van der Waals surface area contributed by atoms with Crippen LogP contribution in [0.15, 0.2) is 10.4 Å². The van der Waals surface area contributed by atoms with Crippen LogP contribution in [0.1, 0.15) is 30.5 Å². The highest BCUT2D eigenvalue weighted by Gasteiger charge is 2.22. The minimum absolute atomic E-state index is 0. The number of thiazole rings is 1. The summed E-state index contributed by atoms with van der Waals surface area (Å²) < 4.78 is 0. The molecule has 5 nitrogen and oxygen atoms in total. The fourth-order valence-corrected chi connectivity index (χ4v) is 3.46. The Morgan fingerprint density at radius 2 is 2.32 bits per heavy atom. The van der Waals surface area contributed by atoms with E-state index in [9.17, 15) is 0 Å². The van der Waals surface area contributed by atoms with Crippen LogP contribution in [-0.2, 0) is 6.42 Å². The van der Waals surface area contributed by atoms with E-state index in [1.807, 2.05) is 14.0 Å². The lowest BCUT2D eigenvalue weighted by Crippen LogP contribution is -2.45. The third kappa shape index (κ3) is 6.00. The van der Waals surface area contributed by atoms with Gasteiger partial charge in [-0.3, -0.25) is 9.89 Å². The molecule has 0 spiro atoms. The second-order valence-corrected chi connectivity index (χ2v) is 6.47. The van der Waals surface area contributed by atoms with Crippen molar-refractivity contribution in [1.82, 2.24) is 20.5 Å². The second kappa shape index (κ2) is 10.4. The Morgan fingerprint density at radius 3 is 2.95 bits per heavy atom. The molecule has 1 aromatic heterocycles. The molecular weight excluding hydrogens is 409 g/mol. The molecule has 2 N–H and O–H groups in total. The van der Waals surface area contributed by atoms with E-state index < -0.39 is 0 Å². The van der Waals surface area contributed by atoms with E-state index in [1.165, 1.54) is 19.4 Å². The Hall–Kier alpha value is -0.410. The average molecular weight is 437 g/mol. The van der Waals surface area contributed by atoms with Crippen molar-refractivity contribution in [2.24, 2.45) is 4.99 Å². The van der Waals surface area contributed by atoms with Gasteiger partial charge in [-0.05, 0) is 32.9 Å². The third-order valence-corrected chi connectivity index (χ3v) is 4.80. The lowest BCUT2D eigenvalue weighted by molar-refractivity contribution is 0.267. The summed E-state index contributed by atoms with van der Waals surface area (Å²) in [6.45, 7) is 8.50. The van der Waals surface area contributed by atoms with Crippen LogP contribution < -0.4 is 10.6 Å². The van der Waals surface area contributed by atoms with Gasteiger partial charge < -0.3 is 10.6 Å². The molecular formula is C15H28IN5S. The number of halogens is 1. The maximum atomic E-state index is 4.47. The zero-order valence-electron chi connectivity index (χ0n) is 13.8. The SMILES string of the molecule is CCN1CCCC1CNC(=NC)NCCc1csc(C)n1.I. The van der Waals surface area contributed by atoms with Crippen molar-refractivity contribution in [3.8, 4) is 0 Å². The highest BCUT2D eigenvalue weighted by atomic mass is 127. The summed E-state index contributed by atoms with van der Waals surface area (Å²) in [5, 5.41) is 10.1. The molecule has 0 aliphatic carbocycles. The molecule has 1 fully saturated rings. The molecule has 1 unspecified atom stereocenters. The van der Waals surface area contributed by atoms with Crippen LogP contribution in [0.3, 0.4) is 0 Å². The molecule has 0 aromatic carbocycles. The molecule has 0 amide bonds. The zero-order valence-corrected chi connectivity index (χ0v) is 16.9. The van der Waals surface area contributed by atoms with E-state index in [-0.39, 0.29) is 24.0 Å². The molecule has 22 heavy (non-hydrogen) atoms. The number of likely N-dealkylation sites (N-methyl/N-ethyl adjacent to an activating group) is 1. The minimum Gasteiger partial charge on any atom is -0.356 e. The molecule has 2 heterocycles. The number of likely N-dealkylation sites (tertiary alicyclic amines) is 1. The van der Waals surface area contributed by atoms with Gasteiger partial charge in [0.1, 0.15) is 0 Å². The smallest absolute Gasteiger partial charge is 0.191 e. The summed E-state index contributed by atoms with van der Waals surface area (Å²) in [5.74, 6) is 0.893. The van der Waals surface area contributed by atoms with Gasteiger partial charge in [-0.25, -0.2) is 4.98 Å². The molecule has 2 rings (SSSR count). The Morgan fingerprint density at radius 1 is 1.50 bits per heavy atom. The highest BCUT2D eigenvalue weighted by Crippen LogP contribution is 2.15. The number of nitrogens with one attached hydrogen (secondary N) is 2. The number of aryl methyl sites for hydroxylation is 1. The van der Waals surface area contributed by atoms with Gasteiger partial charge in [0.25, 0.3) is 0 Å². The highest BCUT2D eigenvalue weighted by molar-refractivity contribution is 14.0. The fourth-order valence-electron chi connectivity index (χ4n) is 2.81. The van der Waals surface area contributed by atoms with Crippen molar-refractivity contribution in [2.75, 3.05) is 33.2 Å². The number of nitrogens with zero attached hydrogens (tertiary/aromatic N) is 3. The Kier molecular flexibility index (Phi) is 9.27. The van der Waals surface area contributed by atoms with Crippen LogP contribution in [-0.4, -0.2) is 55.1 Å². The second-order valence-electron chi connectivity index (χ2n) is 5.41. The van der Waals surface area contributed by atoms with Gasteiger partial charge in [0.2, 0.25) is 0 Å². The molecule has 0 radical (unpaired) electrons. The molecule has 0 bridgehead atoms. The van der Waals surface area contributed by atoms with Gasteiger partial charge in [0.15, 0.2) is 5.96 Å². The van der Waals surface area contributed by atoms with E-state index in [1.54, 1.807) is 11.3 Å². The quantitative estimate of drug-likeness (QED) is 0.407.